The number of benzene rings is 1. The largest absolute Gasteiger partial charge is 0.493 e. The molecular formula is C15H18FNOS. The molecule has 1 atom stereocenters. The minimum absolute atomic E-state index is 0.0619. The monoisotopic (exact) mass is 279 g/mol. The van der Waals surface area contributed by atoms with Crippen molar-refractivity contribution in [2.24, 2.45) is 0 Å². The van der Waals surface area contributed by atoms with E-state index in [4.69, 9.17) is 4.74 Å². The Balaban J connectivity index is 2.02. The lowest BCUT2D eigenvalue weighted by atomic mass is 10.1. The van der Waals surface area contributed by atoms with Crippen LogP contribution in [0.3, 0.4) is 0 Å². The predicted molar refractivity (Wildman–Crippen MR) is 77.4 cm³/mol. The molecule has 2 rings (SSSR count). The van der Waals surface area contributed by atoms with Crippen LogP contribution in [0, 0.1) is 5.82 Å². The fourth-order valence-electron chi connectivity index (χ4n) is 1.86. The molecule has 0 aliphatic rings. The molecule has 1 N–H and O–H groups in total. The van der Waals surface area contributed by atoms with E-state index < -0.39 is 0 Å². The van der Waals surface area contributed by atoms with Gasteiger partial charge in [-0.15, -0.1) is 0 Å². The number of ether oxygens (including phenoxy) is 1. The maximum atomic E-state index is 13.3. The van der Waals surface area contributed by atoms with E-state index in [1.165, 1.54) is 17.7 Å². The Morgan fingerprint density at radius 2 is 2.21 bits per heavy atom. The van der Waals surface area contributed by atoms with Gasteiger partial charge in [0, 0.05) is 18.0 Å². The first-order valence-corrected chi connectivity index (χ1v) is 7.25. The third kappa shape index (κ3) is 3.78. The van der Waals surface area contributed by atoms with Gasteiger partial charge in [0.25, 0.3) is 0 Å². The summed E-state index contributed by atoms with van der Waals surface area (Å²) in [6.07, 6.45) is 0.869. The Morgan fingerprint density at radius 1 is 1.37 bits per heavy atom. The molecule has 0 amide bonds. The molecule has 4 heteroatoms. The molecule has 0 radical (unpaired) electrons. The van der Waals surface area contributed by atoms with Crippen LogP contribution in [0.25, 0.3) is 0 Å². The Bertz CT molecular complexity index is 513. The predicted octanol–water partition coefficient (Wildman–Crippen LogP) is 3.79. The van der Waals surface area contributed by atoms with E-state index in [0.717, 1.165) is 17.7 Å². The van der Waals surface area contributed by atoms with Gasteiger partial charge in [0.15, 0.2) is 0 Å². The van der Waals surface area contributed by atoms with Crippen LogP contribution in [0.15, 0.2) is 35.0 Å². The van der Waals surface area contributed by atoms with Gasteiger partial charge in [-0.25, -0.2) is 4.39 Å². The van der Waals surface area contributed by atoms with Gasteiger partial charge in [-0.05, 0) is 54.6 Å². The molecule has 1 aromatic heterocycles. The van der Waals surface area contributed by atoms with Crippen molar-refractivity contribution in [2.75, 3.05) is 13.7 Å². The van der Waals surface area contributed by atoms with Crippen LogP contribution in [-0.4, -0.2) is 13.7 Å². The fourth-order valence-corrected chi connectivity index (χ4v) is 2.56. The second kappa shape index (κ2) is 6.68. The van der Waals surface area contributed by atoms with Crippen LogP contribution in [-0.2, 0) is 6.42 Å². The van der Waals surface area contributed by atoms with E-state index in [0.29, 0.717) is 6.61 Å². The Hall–Kier alpha value is -1.39. The van der Waals surface area contributed by atoms with E-state index in [1.807, 2.05) is 14.0 Å². The first-order chi connectivity index (χ1) is 9.20. The lowest BCUT2D eigenvalue weighted by Gasteiger charge is -2.16. The fraction of sp³-hybridized carbons (Fsp3) is 0.333. The zero-order valence-corrected chi connectivity index (χ0v) is 12.0. The molecule has 0 aliphatic carbocycles. The first-order valence-electron chi connectivity index (χ1n) is 6.31. The van der Waals surface area contributed by atoms with E-state index in [1.54, 1.807) is 17.4 Å². The summed E-state index contributed by atoms with van der Waals surface area (Å²) in [5.74, 6) is 0.515. The minimum Gasteiger partial charge on any atom is -0.493 e. The van der Waals surface area contributed by atoms with Crippen molar-refractivity contribution in [3.63, 3.8) is 0 Å². The second-order valence-electron chi connectivity index (χ2n) is 4.42. The van der Waals surface area contributed by atoms with Crippen LogP contribution in [0.1, 0.15) is 24.1 Å². The molecule has 1 heterocycles. The molecule has 1 aromatic carbocycles. The Morgan fingerprint density at radius 3 is 2.89 bits per heavy atom. The van der Waals surface area contributed by atoms with Gasteiger partial charge in [-0.2, -0.15) is 11.3 Å². The summed E-state index contributed by atoms with van der Waals surface area (Å²) in [6.45, 7) is 2.59. The van der Waals surface area contributed by atoms with Gasteiger partial charge >= 0.3 is 0 Å². The highest BCUT2D eigenvalue weighted by molar-refractivity contribution is 7.07. The van der Waals surface area contributed by atoms with Crippen molar-refractivity contribution in [1.29, 1.82) is 0 Å². The second-order valence-corrected chi connectivity index (χ2v) is 5.20. The summed E-state index contributed by atoms with van der Waals surface area (Å²) in [4.78, 5) is 0. The Labute approximate surface area is 117 Å². The van der Waals surface area contributed by atoms with Gasteiger partial charge < -0.3 is 10.1 Å². The molecule has 19 heavy (non-hydrogen) atoms. The molecule has 0 saturated carbocycles. The summed E-state index contributed by atoms with van der Waals surface area (Å²) in [5.41, 5.74) is 2.13. The summed E-state index contributed by atoms with van der Waals surface area (Å²) in [5, 5.41) is 7.28. The third-order valence-corrected chi connectivity index (χ3v) is 3.83. The van der Waals surface area contributed by atoms with E-state index in [-0.39, 0.29) is 11.9 Å². The quantitative estimate of drug-likeness (QED) is 0.868. The van der Waals surface area contributed by atoms with Gasteiger partial charge in [0.05, 0.1) is 6.61 Å². The van der Waals surface area contributed by atoms with Crippen molar-refractivity contribution in [2.45, 2.75) is 19.4 Å². The topological polar surface area (TPSA) is 21.3 Å². The number of hydrogen-bond acceptors (Lipinski definition) is 3. The zero-order chi connectivity index (χ0) is 13.7. The summed E-state index contributed by atoms with van der Waals surface area (Å²) in [6, 6.07) is 6.82. The molecule has 0 aliphatic heterocycles. The van der Waals surface area contributed by atoms with Crippen LogP contribution < -0.4 is 10.1 Å². The highest BCUT2D eigenvalue weighted by atomic mass is 32.1. The average Bonchev–Trinajstić information content (AvgIpc) is 2.92. The first kappa shape index (κ1) is 14.0. The third-order valence-electron chi connectivity index (χ3n) is 3.10. The van der Waals surface area contributed by atoms with E-state index in [2.05, 4.69) is 22.1 Å². The molecule has 0 bridgehead atoms. The maximum Gasteiger partial charge on any atom is 0.124 e. The number of halogens is 1. The van der Waals surface area contributed by atoms with Crippen molar-refractivity contribution in [3.05, 3.63) is 52.0 Å². The molecule has 2 aromatic rings. The summed E-state index contributed by atoms with van der Waals surface area (Å²) < 4.78 is 19.1. The van der Waals surface area contributed by atoms with Gasteiger partial charge in [0.1, 0.15) is 11.6 Å². The van der Waals surface area contributed by atoms with E-state index >= 15 is 0 Å². The molecule has 0 spiro atoms. The highest BCUT2D eigenvalue weighted by Crippen LogP contribution is 2.26. The van der Waals surface area contributed by atoms with Crippen LogP contribution in [0.5, 0.6) is 5.75 Å². The molecular weight excluding hydrogens is 261 g/mol. The van der Waals surface area contributed by atoms with Crippen molar-refractivity contribution in [1.82, 2.24) is 5.32 Å². The van der Waals surface area contributed by atoms with E-state index in [9.17, 15) is 4.39 Å². The van der Waals surface area contributed by atoms with Gasteiger partial charge in [0.2, 0.25) is 0 Å². The van der Waals surface area contributed by atoms with Crippen LogP contribution in [0.2, 0.25) is 0 Å². The molecule has 102 valence electrons. The standard InChI is InChI=1S/C15H18FNOS/c1-11(17-2)14-9-13(16)3-4-15(14)18-7-5-12-6-8-19-10-12/h3-4,6,8-11,17H,5,7H2,1-2H3. The van der Waals surface area contributed by atoms with Crippen LogP contribution >= 0.6 is 11.3 Å². The SMILES string of the molecule is CNC(C)c1cc(F)ccc1OCCc1ccsc1. The molecule has 0 fully saturated rings. The molecule has 0 saturated heterocycles. The van der Waals surface area contributed by atoms with Crippen molar-refractivity contribution >= 4 is 11.3 Å². The number of hydrogen-bond donors (Lipinski definition) is 1. The Kier molecular flexibility index (Phi) is 4.93. The minimum atomic E-state index is -0.234. The van der Waals surface area contributed by atoms with Crippen LogP contribution in [0.4, 0.5) is 4.39 Å². The summed E-state index contributed by atoms with van der Waals surface area (Å²) >= 11 is 1.68. The number of rotatable bonds is 6. The number of thiophene rings is 1. The van der Waals surface area contributed by atoms with Crippen molar-refractivity contribution in [3.8, 4) is 5.75 Å². The van der Waals surface area contributed by atoms with Gasteiger partial charge in [-0.1, -0.05) is 0 Å². The molecule has 1 unspecified atom stereocenters. The normalized spacial score (nSPS) is 12.4. The average molecular weight is 279 g/mol. The lowest BCUT2D eigenvalue weighted by molar-refractivity contribution is 0.315. The maximum absolute atomic E-state index is 13.3. The summed E-state index contributed by atoms with van der Waals surface area (Å²) in [7, 11) is 1.85. The number of nitrogens with one attached hydrogen (secondary N) is 1. The zero-order valence-electron chi connectivity index (χ0n) is 11.2. The van der Waals surface area contributed by atoms with Crippen molar-refractivity contribution < 1.29 is 9.13 Å². The van der Waals surface area contributed by atoms with Gasteiger partial charge in [-0.3, -0.25) is 0 Å². The smallest absolute Gasteiger partial charge is 0.124 e. The molecule has 2 nitrogen and oxygen atoms in total. The highest BCUT2D eigenvalue weighted by Gasteiger charge is 2.11. The lowest BCUT2D eigenvalue weighted by Crippen LogP contribution is -2.14.